The molecule has 0 aliphatic carbocycles. The number of fused-ring (bicyclic) bond motifs is 1. The Morgan fingerprint density at radius 1 is 1.07 bits per heavy atom. The number of nitrogens with one attached hydrogen (secondary N) is 1. The van der Waals surface area contributed by atoms with Gasteiger partial charge in [0.15, 0.2) is 23.0 Å². The van der Waals surface area contributed by atoms with Crippen LogP contribution >= 0.6 is 0 Å². The number of hydrogen-bond acceptors (Lipinski definition) is 7. The maximum atomic E-state index is 12.3. The van der Waals surface area contributed by atoms with Crippen molar-refractivity contribution in [3.05, 3.63) is 42.0 Å². The van der Waals surface area contributed by atoms with Crippen LogP contribution in [-0.2, 0) is 4.79 Å². The van der Waals surface area contributed by atoms with Crippen LogP contribution in [0.3, 0.4) is 0 Å². The van der Waals surface area contributed by atoms with Gasteiger partial charge in [0.2, 0.25) is 6.10 Å². The first-order valence-electron chi connectivity index (χ1n) is 8.17. The monoisotopic (exact) mass is 372 g/mol. The Balaban J connectivity index is 1.68. The van der Waals surface area contributed by atoms with Crippen molar-refractivity contribution >= 4 is 12.1 Å². The molecule has 142 valence electrons. The number of amides is 1. The molecule has 1 heterocycles. The van der Waals surface area contributed by atoms with Crippen molar-refractivity contribution in [2.75, 3.05) is 27.9 Å². The lowest BCUT2D eigenvalue weighted by atomic mass is 10.2. The average Bonchev–Trinajstić information content (AvgIpc) is 2.72. The van der Waals surface area contributed by atoms with E-state index < -0.39 is 12.0 Å². The molecule has 0 fully saturated rings. The smallest absolute Gasteiger partial charge is 0.284 e. The topological polar surface area (TPSA) is 87.6 Å². The molecule has 0 radical (unpaired) electrons. The first-order valence-corrected chi connectivity index (χ1v) is 8.17. The van der Waals surface area contributed by atoms with E-state index in [-0.39, 0.29) is 6.61 Å². The highest BCUT2D eigenvalue weighted by molar-refractivity contribution is 5.87. The molecule has 1 N–H and O–H groups in total. The first kappa shape index (κ1) is 18.4. The van der Waals surface area contributed by atoms with Crippen molar-refractivity contribution in [1.82, 2.24) is 5.43 Å². The summed E-state index contributed by atoms with van der Waals surface area (Å²) in [5, 5.41) is 3.98. The van der Waals surface area contributed by atoms with Gasteiger partial charge in [-0.05, 0) is 18.2 Å². The third kappa shape index (κ3) is 4.05. The molecule has 1 aliphatic rings. The number of hydrogen-bond donors (Lipinski definition) is 1. The molecule has 8 heteroatoms. The van der Waals surface area contributed by atoms with Gasteiger partial charge in [0.05, 0.1) is 27.5 Å². The summed E-state index contributed by atoms with van der Waals surface area (Å²) in [4.78, 5) is 12.3. The molecule has 0 aromatic heterocycles. The van der Waals surface area contributed by atoms with Crippen LogP contribution in [0.5, 0.6) is 28.7 Å². The summed E-state index contributed by atoms with van der Waals surface area (Å²) in [6.45, 7) is 0.109. The van der Waals surface area contributed by atoms with Crippen LogP contribution in [0, 0.1) is 0 Å². The molecular formula is C19H20N2O6. The lowest BCUT2D eigenvalue weighted by Gasteiger charge is -2.24. The second kappa shape index (κ2) is 8.31. The van der Waals surface area contributed by atoms with E-state index in [0.717, 1.165) is 0 Å². The predicted octanol–water partition coefficient (Wildman–Crippen LogP) is 2.00. The van der Waals surface area contributed by atoms with Gasteiger partial charge in [0.1, 0.15) is 12.4 Å². The van der Waals surface area contributed by atoms with Gasteiger partial charge in [-0.3, -0.25) is 4.79 Å². The van der Waals surface area contributed by atoms with E-state index in [2.05, 4.69) is 10.5 Å². The Kier molecular flexibility index (Phi) is 5.65. The van der Waals surface area contributed by atoms with Gasteiger partial charge >= 0.3 is 0 Å². The van der Waals surface area contributed by atoms with Crippen LogP contribution in [0.15, 0.2) is 41.5 Å². The van der Waals surface area contributed by atoms with Crippen molar-refractivity contribution in [3.8, 4) is 28.7 Å². The van der Waals surface area contributed by atoms with Crippen molar-refractivity contribution in [2.45, 2.75) is 6.10 Å². The van der Waals surface area contributed by atoms with E-state index >= 15 is 0 Å². The number of para-hydroxylation sites is 2. The summed E-state index contributed by atoms with van der Waals surface area (Å²) >= 11 is 0. The average molecular weight is 372 g/mol. The SMILES string of the molecule is COc1cc(OC)c(OC)cc1/C=N\NC(=O)[C@H]1COc2ccccc2O1. The second-order valence-corrected chi connectivity index (χ2v) is 5.55. The van der Waals surface area contributed by atoms with Crippen molar-refractivity contribution in [1.29, 1.82) is 0 Å². The molecule has 1 amide bonds. The highest BCUT2D eigenvalue weighted by Gasteiger charge is 2.27. The Hall–Kier alpha value is -3.42. The standard InChI is InChI=1S/C19H20N2O6/c1-23-15-9-17(25-3)16(24-2)8-12(15)10-20-21-19(22)18-11-26-13-6-4-5-7-14(13)27-18/h4-10,18H,11H2,1-3H3,(H,21,22)/b20-10-/t18-/m1/s1. The van der Waals surface area contributed by atoms with Crippen molar-refractivity contribution < 1.29 is 28.5 Å². The summed E-state index contributed by atoms with van der Waals surface area (Å²) in [5.41, 5.74) is 3.06. The van der Waals surface area contributed by atoms with Gasteiger partial charge in [-0.2, -0.15) is 5.10 Å². The van der Waals surface area contributed by atoms with Crippen molar-refractivity contribution in [3.63, 3.8) is 0 Å². The largest absolute Gasteiger partial charge is 0.496 e. The Bertz CT molecular complexity index is 852. The van der Waals surface area contributed by atoms with Crippen LogP contribution in [0.25, 0.3) is 0 Å². The van der Waals surface area contributed by atoms with Gasteiger partial charge in [0, 0.05) is 11.6 Å². The summed E-state index contributed by atoms with van der Waals surface area (Å²) < 4.78 is 27.0. The van der Waals surface area contributed by atoms with E-state index in [4.69, 9.17) is 23.7 Å². The lowest BCUT2D eigenvalue weighted by Crippen LogP contribution is -2.42. The summed E-state index contributed by atoms with van der Waals surface area (Å²) in [6.07, 6.45) is 0.667. The maximum Gasteiger partial charge on any atom is 0.284 e. The number of carbonyl (C=O) groups is 1. The molecule has 1 aliphatic heterocycles. The fourth-order valence-electron chi connectivity index (χ4n) is 2.54. The van der Waals surface area contributed by atoms with Gasteiger partial charge < -0.3 is 23.7 Å². The molecular weight excluding hydrogens is 352 g/mol. The van der Waals surface area contributed by atoms with Gasteiger partial charge in [0.25, 0.3) is 5.91 Å². The quantitative estimate of drug-likeness (QED) is 0.616. The zero-order chi connectivity index (χ0) is 19.2. The van der Waals surface area contributed by atoms with Crippen molar-refractivity contribution in [2.24, 2.45) is 5.10 Å². The summed E-state index contributed by atoms with van der Waals surface area (Å²) in [7, 11) is 4.60. The lowest BCUT2D eigenvalue weighted by molar-refractivity contribution is -0.130. The molecule has 1 atom stereocenters. The number of nitrogens with zero attached hydrogens (tertiary/aromatic N) is 1. The molecule has 0 saturated heterocycles. The molecule has 0 unspecified atom stereocenters. The Morgan fingerprint density at radius 2 is 1.74 bits per heavy atom. The third-order valence-electron chi connectivity index (χ3n) is 3.92. The van der Waals surface area contributed by atoms with Crippen LogP contribution in [0.2, 0.25) is 0 Å². The molecule has 2 aromatic rings. The fourth-order valence-corrected chi connectivity index (χ4v) is 2.54. The minimum Gasteiger partial charge on any atom is -0.496 e. The minimum absolute atomic E-state index is 0.109. The molecule has 2 aromatic carbocycles. The van der Waals surface area contributed by atoms with Crippen LogP contribution in [-0.4, -0.2) is 46.2 Å². The third-order valence-corrected chi connectivity index (χ3v) is 3.92. The fraction of sp³-hybridized carbons (Fsp3) is 0.263. The predicted molar refractivity (Wildman–Crippen MR) is 98.2 cm³/mol. The van der Waals surface area contributed by atoms with Crippen LogP contribution in [0.1, 0.15) is 5.56 Å². The normalized spacial score (nSPS) is 15.3. The maximum absolute atomic E-state index is 12.3. The molecule has 27 heavy (non-hydrogen) atoms. The van der Waals surface area contributed by atoms with Crippen LogP contribution in [0.4, 0.5) is 0 Å². The van der Waals surface area contributed by atoms with E-state index in [1.165, 1.54) is 27.5 Å². The molecule has 0 bridgehead atoms. The number of carbonyl (C=O) groups excluding carboxylic acids is 1. The number of rotatable bonds is 6. The number of ether oxygens (including phenoxy) is 5. The molecule has 8 nitrogen and oxygen atoms in total. The minimum atomic E-state index is -0.788. The Morgan fingerprint density at radius 3 is 2.44 bits per heavy atom. The second-order valence-electron chi connectivity index (χ2n) is 5.55. The van der Waals surface area contributed by atoms with E-state index in [9.17, 15) is 4.79 Å². The number of benzene rings is 2. The van der Waals surface area contributed by atoms with Gasteiger partial charge in [-0.15, -0.1) is 0 Å². The van der Waals surface area contributed by atoms with E-state index in [1.54, 1.807) is 24.3 Å². The summed E-state index contributed by atoms with van der Waals surface area (Å²) in [5.74, 6) is 2.29. The Labute approximate surface area is 156 Å². The highest BCUT2D eigenvalue weighted by atomic mass is 16.6. The molecule has 3 rings (SSSR count). The zero-order valence-corrected chi connectivity index (χ0v) is 15.2. The van der Waals surface area contributed by atoms with E-state index in [0.29, 0.717) is 34.3 Å². The van der Waals surface area contributed by atoms with Gasteiger partial charge in [-0.1, -0.05) is 12.1 Å². The highest BCUT2D eigenvalue weighted by Crippen LogP contribution is 2.34. The number of methoxy groups -OCH3 is 3. The number of hydrazone groups is 1. The zero-order valence-electron chi connectivity index (χ0n) is 15.2. The molecule has 0 spiro atoms. The summed E-state index contributed by atoms with van der Waals surface area (Å²) in [6, 6.07) is 10.5. The van der Waals surface area contributed by atoms with Gasteiger partial charge in [-0.25, -0.2) is 5.43 Å². The van der Waals surface area contributed by atoms with E-state index in [1.807, 2.05) is 12.1 Å². The first-order chi connectivity index (χ1) is 13.2. The molecule has 0 saturated carbocycles. The van der Waals surface area contributed by atoms with Crippen LogP contribution < -0.4 is 29.1 Å².